The van der Waals surface area contributed by atoms with Gasteiger partial charge in [-0.2, -0.15) is 0 Å². The smallest absolute Gasteiger partial charge is 0.224 e. The number of halogens is 2. The van der Waals surface area contributed by atoms with Crippen LogP contribution < -0.4 is 4.90 Å². The summed E-state index contributed by atoms with van der Waals surface area (Å²) in [6, 6.07) is 8.98. The summed E-state index contributed by atoms with van der Waals surface area (Å²) in [6.45, 7) is 5.38. The van der Waals surface area contributed by atoms with Crippen LogP contribution in [0.25, 0.3) is 0 Å². The van der Waals surface area contributed by atoms with Crippen LogP contribution in [-0.2, 0) is 22.6 Å². The molecule has 31 heavy (non-hydrogen) atoms. The van der Waals surface area contributed by atoms with Crippen LogP contribution in [0.5, 0.6) is 0 Å². The van der Waals surface area contributed by atoms with E-state index >= 15 is 0 Å². The highest BCUT2D eigenvalue weighted by Crippen LogP contribution is 2.35. The van der Waals surface area contributed by atoms with Crippen LogP contribution in [0.1, 0.15) is 24.0 Å². The predicted octanol–water partition coefficient (Wildman–Crippen LogP) is 3.09. The number of fused-ring (bicyclic) bond motifs is 1. The Balaban J connectivity index is 1.27. The Morgan fingerprint density at radius 3 is 2.74 bits per heavy atom. The first-order valence-corrected chi connectivity index (χ1v) is 11.2. The molecule has 1 amide bonds. The second-order valence-electron chi connectivity index (χ2n) is 8.48. The average Bonchev–Trinajstić information content (AvgIpc) is 3.30. The van der Waals surface area contributed by atoms with E-state index < -0.39 is 0 Å². The van der Waals surface area contributed by atoms with Gasteiger partial charge < -0.3 is 14.5 Å². The van der Waals surface area contributed by atoms with E-state index in [9.17, 15) is 9.18 Å². The molecule has 0 aliphatic carbocycles. The normalized spacial score (nSPS) is 24.1. The van der Waals surface area contributed by atoms with Crippen molar-refractivity contribution in [2.24, 2.45) is 0 Å². The quantitative estimate of drug-likeness (QED) is 0.709. The number of anilines is 1. The Morgan fingerprint density at radius 1 is 1.10 bits per heavy atom. The zero-order chi connectivity index (χ0) is 21.4. The molecule has 0 radical (unpaired) electrons. The Morgan fingerprint density at radius 2 is 1.94 bits per heavy atom. The van der Waals surface area contributed by atoms with Crippen LogP contribution in [0.3, 0.4) is 0 Å². The third kappa shape index (κ3) is 4.27. The fourth-order valence-electron chi connectivity index (χ4n) is 5.00. The highest BCUT2D eigenvalue weighted by molar-refractivity contribution is 6.31. The van der Waals surface area contributed by atoms with Crippen LogP contribution in [-0.4, -0.2) is 65.6 Å². The van der Waals surface area contributed by atoms with Gasteiger partial charge in [0.05, 0.1) is 13.2 Å². The maximum atomic E-state index is 13.4. The number of nitrogens with zero attached hydrogens (tertiary/aromatic N) is 4. The van der Waals surface area contributed by atoms with Gasteiger partial charge in [0.15, 0.2) is 0 Å². The van der Waals surface area contributed by atoms with Gasteiger partial charge in [0.1, 0.15) is 11.6 Å². The predicted molar refractivity (Wildman–Crippen MR) is 116 cm³/mol. The van der Waals surface area contributed by atoms with Crippen LogP contribution in [0.4, 0.5) is 10.2 Å². The summed E-state index contributed by atoms with van der Waals surface area (Å²) in [6.07, 6.45) is 3.33. The van der Waals surface area contributed by atoms with Crippen molar-refractivity contribution in [1.29, 1.82) is 0 Å². The van der Waals surface area contributed by atoms with Crippen molar-refractivity contribution < 1.29 is 13.9 Å². The highest BCUT2D eigenvalue weighted by Gasteiger charge is 2.46. The first kappa shape index (κ1) is 20.7. The number of hydrogen-bond donors (Lipinski definition) is 0. The molecule has 0 bridgehead atoms. The number of carbonyl (C=O) groups excluding carboxylic acids is 1. The summed E-state index contributed by atoms with van der Waals surface area (Å²) in [7, 11) is 0. The first-order chi connectivity index (χ1) is 15.1. The Hall–Kier alpha value is -2.22. The van der Waals surface area contributed by atoms with Crippen molar-refractivity contribution in [3.63, 3.8) is 0 Å². The Kier molecular flexibility index (Phi) is 5.82. The van der Waals surface area contributed by atoms with Crippen LogP contribution in [0.2, 0.25) is 5.02 Å². The van der Waals surface area contributed by atoms with Crippen molar-refractivity contribution in [2.45, 2.75) is 38.0 Å². The summed E-state index contributed by atoms with van der Waals surface area (Å²) in [5.74, 6) is 0.774. The number of carbonyl (C=O) groups is 1. The van der Waals surface area contributed by atoms with Crippen LogP contribution >= 0.6 is 11.6 Å². The molecule has 0 saturated carbocycles. The second kappa shape index (κ2) is 8.73. The zero-order valence-corrected chi connectivity index (χ0v) is 18.1. The molecule has 1 aromatic heterocycles. The van der Waals surface area contributed by atoms with Gasteiger partial charge in [-0.1, -0.05) is 17.7 Å². The number of pyridine rings is 1. The van der Waals surface area contributed by atoms with E-state index in [4.69, 9.17) is 16.3 Å². The molecular formula is C23H26ClFN4O2. The van der Waals surface area contributed by atoms with E-state index in [0.717, 1.165) is 57.2 Å². The summed E-state index contributed by atoms with van der Waals surface area (Å²) < 4.78 is 18.8. The molecule has 2 aromatic rings. The minimum atomic E-state index is -0.361. The molecule has 0 unspecified atom stereocenters. The number of benzene rings is 1. The van der Waals surface area contributed by atoms with Gasteiger partial charge >= 0.3 is 0 Å². The van der Waals surface area contributed by atoms with Crippen molar-refractivity contribution in [3.8, 4) is 0 Å². The standard InChI is InChI=1S/C23H26ClFN4O2/c24-19-12-18(25)2-1-17(19)15-29-20-4-6-28(21(20)13-23(29)30)14-16-3-5-26-22(11-16)27-7-9-31-10-8-27/h1-3,5,11-12,20-21H,4,6-10,13-15H2/t20-,21-/m0/s1. The van der Waals surface area contributed by atoms with Crippen molar-refractivity contribution in [3.05, 3.63) is 58.5 Å². The molecule has 8 heteroatoms. The Bertz CT molecular complexity index is 968. The molecule has 3 aliphatic heterocycles. The summed E-state index contributed by atoms with van der Waals surface area (Å²) >= 11 is 6.21. The maximum absolute atomic E-state index is 13.4. The van der Waals surface area contributed by atoms with Gasteiger partial charge in [0.2, 0.25) is 5.91 Å². The number of amides is 1. The van der Waals surface area contributed by atoms with Gasteiger partial charge in [0, 0.05) is 62.4 Å². The molecule has 0 spiro atoms. The van der Waals surface area contributed by atoms with Gasteiger partial charge in [0.25, 0.3) is 0 Å². The minimum Gasteiger partial charge on any atom is -0.378 e. The zero-order valence-electron chi connectivity index (χ0n) is 17.3. The van der Waals surface area contributed by atoms with Gasteiger partial charge in [-0.3, -0.25) is 9.69 Å². The lowest BCUT2D eigenvalue weighted by molar-refractivity contribution is -0.129. The van der Waals surface area contributed by atoms with E-state index in [1.54, 1.807) is 6.07 Å². The third-order valence-corrected chi connectivity index (χ3v) is 6.97. The molecular weight excluding hydrogens is 419 g/mol. The highest BCUT2D eigenvalue weighted by atomic mass is 35.5. The molecule has 2 atom stereocenters. The fraction of sp³-hybridized carbons (Fsp3) is 0.478. The SMILES string of the molecule is O=C1C[C@H]2[C@H](CCN2Cc2ccnc(N3CCOCC3)c2)N1Cc1ccc(F)cc1Cl. The summed E-state index contributed by atoms with van der Waals surface area (Å²) in [5, 5.41) is 0.374. The molecule has 3 fully saturated rings. The van der Waals surface area contributed by atoms with Gasteiger partial charge in [-0.25, -0.2) is 9.37 Å². The van der Waals surface area contributed by atoms with Crippen molar-refractivity contribution >= 4 is 23.3 Å². The number of morpholine rings is 1. The molecule has 4 heterocycles. The number of ether oxygens (including phenoxy) is 1. The largest absolute Gasteiger partial charge is 0.378 e. The lowest BCUT2D eigenvalue weighted by Gasteiger charge is -2.29. The number of rotatable bonds is 5. The van der Waals surface area contributed by atoms with E-state index in [-0.39, 0.29) is 23.8 Å². The van der Waals surface area contributed by atoms with Crippen LogP contribution in [0.15, 0.2) is 36.5 Å². The number of aromatic nitrogens is 1. The second-order valence-corrected chi connectivity index (χ2v) is 8.88. The third-order valence-electron chi connectivity index (χ3n) is 6.62. The van der Waals surface area contributed by atoms with E-state index in [1.165, 1.54) is 17.7 Å². The molecule has 5 rings (SSSR count). The lowest BCUT2D eigenvalue weighted by atomic mass is 10.1. The molecule has 3 aliphatic rings. The monoisotopic (exact) mass is 444 g/mol. The van der Waals surface area contributed by atoms with E-state index in [2.05, 4.69) is 26.9 Å². The first-order valence-electron chi connectivity index (χ1n) is 10.8. The fourth-order valence-corrected chi connectivity index (χ4v) is 5.23. The van der Waals surface area contributed by atoms with Crippen LogP contribution in [0, 0.1) is 5.82 Å². The maximum Gasteiger partial charge on any atom is 0.224 e. The molecule has 0 N–H and O–H groups in total. The molecule has 3 saturated heterocycles. The summed E-state index contributed by atoms with van der Waals surface area (Å²) in [5.41, 5.74) is 2.00. The number of likely N-dealkylation sites (tertiary alicyclic amines) is 2. The van der Waals surface area contributed by atoms with Gasteiger partial charge in [-0.05, 0) is 41.8 Å². The molecule has 1 aromatic carbocycles. The van der Waals surface area contributed by atoms with Crippen molar-refractivity contribution in [1.82, 2.24) is 14.8 Å². The van der Waals surface area contributed by atoms with Crippen molar-refractivity contribution in [2.75, 3.05) is 37.7 Å². The summed E-state index contributed by atoms with van der Waals surface area (Å²) in [4.78, 5) is 23.9. The van der Waals surface area contributed by atoms with E-state index in [0.29, 0.717) is 18.0 Å². The molecule has 6 nitrogen and oxygen atoms in total. The average molecular weight is 445 g/mol. The number of hydrogen-bond acceptors (Lipinski definition) is 5. The Labute approximate surface area is 186 Å². The van der Waals surface area contributed by atoms with Gasteiger partial charge in [-0.15, -0.1) is 0 Å². The van der Waals surface area contributed by atoms with E-state index in [1.807, 2.05) is 11.1 Å². The lowest BCUT2D eigenvalue weighted by Crippen LogP contribution is -2.37. The minimum absolute atomic E-state index is 0.142. The topological polar surface area (TPSA) is 48.9 Å². The molecule has 164 valence electrons.